The third kappa shape index (κ3) is 3.29. The molecule has 146 valence electrons. The minimum Gasteiger partial charge on any atom is -0.464 e. The van der Waals surface area contributed by atoms with Crippen LogP contribution >= 0.6 is 0 Å². The van der Waals surface area contributed by atoms with E-state index in [9.17, 15) is 9.59 Å². The summed E-state index contributed by atoms with van der Waals surface area (Å²) in [6.45, 7) is 3.92. The van der Waals surface area contributed by atoms with Crippen LogP contribution in [-0.4, -0.2) is 39.1 Å². The number of ketones is 1. The molecule has 29 heavy (non-hydrogen) atoms. The molecule has 0 saturated heterocycles. The van der Waals surface area contributed by atoms with Gasteiger partial charge in [-0.05, 0) is 29.8 Å². The molecule has 4 rings (SSSR count). The maximum atomic E-state index is 13.5. The lowest BCUT2D eigenvalue weighted by molar-refractivity contribution is -0.136. The van der Waals surface area contributed by atoms with Gasteiger partial charge in [0.1, 0.15) is 11.7 Å². The number of carbonyl (C=O) groups excluding carboxylic acids is 2. The van der Waals surface area contributed by atoms with Gasteiger partial charge in [0.25, 0.3) is 0 Å². The highest BCUT2D eigenvalue weighted by molar-refractivity contribution is 6.14. The van der Waals surface area contributed by atoms with Gasteiger partial charge < -0.3 is 10.1 Å². The lowest BCUT2D eigenvalue weighted by atomic mass is 9.89. The largest absolute Gasteiger partial charge is 0.464 e. The number of fused-ring (bicyclic) bond motifs is 1. The minimum absolute atomic E-state index is 0.0333. The summed E-state index contributed by atoms with van der Waals surface area (Å²) in [5, 5.41) is 14.6. The molecule has 0 aliphatic carbocycles. The zero-order valence-corrected chi connectivity index (χ0v) is 16.2. The van der Waals surface area contributed by atoms with Gasteiger partial charge in [0.05, 0.1) is 12.7 Å². The number of hydrogen-bond donors (Lipinski definition) is 1. The van der Waals surface area contributed by atoms with Crippen LogP contribution in [0.1, 0.15) is 33.1 Å². The van der Waals surface area contributed by atoms with E-state index in [2.05, 4.69) is 20.8 Å². The lowest BCUT2D eigenvalue weighted by Crippen LogP contribution is -2.32. The van der Waals surface area contributed by atoms with Crippen LogP contribution in [0.2, 0.25) is 0 Å². The number of benzene rings is 2. The molecular weight excluding hydrogens is 370 g/mol. The molecule has 2 aromatic carbocycles. The Morgan fingerprint density at radius 3 is 2.24 bits per heavy atom. The van der Waals surface area contributed by atoms with Crippen LogP contribution in [0.25, 0.3) is 0 Å². The Balaban J connectivity index is 1.94. The Morgan fingerprint density at radius 2 is 1.62 bits per heavy atom. The van der Waals surface area contributed by atoms with Crippen molar-refractivity contribution >= 4 is 17.7 Å². The summed E-state index contributed by atoms with van der Waals surface area (Å²) in [6, 6.07) is 14.2. The Hall–Kier alpha value is -3.81. The number of tetrazole rings is 1. The second-order valence-electron chi connectivity index (χ2n) is 6.86. The summed E-state index contributed by atoms with van der Waals surface area (Å²) < 4.78 is 6.43. The molecule has 0 radical (unpaired) electrons. The molecule has 1 aromatic heterocycles. The molecule has 1 N–H and O–H groups in total. The predicted octanol–water partition coefficient (Wildman–Crippen LogP) is 2.61. The highest BCUT2D eigenvalue weighted by Gasteiger charge is 2.38. The van der Waals surface area contributed by atoms with Crippen LogP contribution in [0.3, 0.4) is 0 Å². The molecule has 0 amide bonds. The average molecular weight is 389 g/mol. The zero-order chi connectivity index (χ0) is 20.5. The normalized spacial score (nSPS) is 15.5. The molecule has 0 fully saturated rings. The van der Waals surface area contributed by atoms with Gasteiger partial charge >= 0.3 is 5.97 Å². The number of aromatic nitrogens is 4. The molecule has 0 bridgehead atoms. The fourth-order valence-corrected chi connectivity index (χ4v) is 3.31. The summed E-state index contributed by atoms with van der Waals surface area (Å²) in [5.41, 5.74) is 3.60. The van der Waals surface area contributed by atoms with Crippen molar-refractivity contribution in [2.75, 3.05) is 12.4 Å². The van der Waals surface area contributed by atoms with Gasteiger partial charge in [-0.3, -0.25) is 4.79 Å². The van der Waals surface area contributed by atoms with Crippen LogP contribution in [0, 0.1) is 13.8 Å². The summed E-state index contributed by atoms with van der Waals surface area (Å²) >= 11 is 0. The summed E-state index contributed by atoms with van der Waals surface area (Å²) in [5.74, 6) is -0.701. The third-order valence-corrected chi connectivity index (χ3v) is 4.86. The van der Waals surface area contributed by atoms with E-state index < -0.39 is 12.0 Å². The number of Topliss-reactive ketones (excluding diaryl/α,β-unsaturated/α-hetero) is 1. The first-order valence-electron chi connectivity index (χ1n) is 9.05. The molecule has 1 unspecified atom stereocenters. The summed E-state index contributed by atoms with van der Waals surface area (Å²) in [7, 11) is 1.27. The van der Waals surface area contributed by atoms with Crippen molar-refractivity contribution in [2.45, 2.75) is 19.9 Å². The maximum absolute atomic E-state index is 13.5. The smallest absolute Gasteiger partial charge is 0.355 e. The van der Waals surface area contributed by atoms with Crippen LogP contribution in [-0.2, 0) is 9.53 Å². The van der Waals surface area contributed by atoms with Gasteiger partial charge in [-0.2, -0.15) is 4.68 Å². The van der Waals surface area contributed by atoms with E-state index in [4.69, 9.17) is 4.74 Å². The molecular formula is C21H19N5O3. The van der Waals surface area contributed by atoms with Crippen LogP contribution in [0.5, 0.6) is 0 Å². The van der Waals surface area contributed by atoms with Crippen molar-refractivity contribution in [3.63, 3.8) is 0 Å². The molecule has 1 atom stereocenters. The van der Waals surface area contributed by atoms with Gasteiger partial charge in [-0.25, -0.2) is 4.79 Å². The van der Waals surface area contributed by atoms with Crippen molar-refractivity contribution in [2.24, 2.45) is 0 Å². The Bertz CT molecular complexity index is 1110. The number of carbonyl (C=O) groups is 2. The Labute approximate surface area is 167 Å². The number of ether oxygens (including phenoxy) is 1. The minimum atomic E-state index is -0.676. The molecule has 0 saturated carbocycles. The monoisotopic (exact) mass is 389 g/mol. The molecule has 8 heteroatoms. The van der Waals surface area contributed by atoms with E-state index in [-0.39, 0.29) is 23.0 Å². The highest BCUT2D eigenvalue weighted by atomic mass is 16.5. The first kappa shape index (κ1) is 18.5. The van der Waals surface area contributed by atoms with Gasteiger partial charge in [0.15, 0.2) is 5.78 Å². The van der Waals surface area contributed by atoms with Gasteiger partial charge in [0.2, 0.25) is 5.95 Å². The standard InChI is InChI=1S/C21H19N5O3/c1-12-4-8-14(9-5-12)18-16(19(27)15-10-6-13(2)7-11-15)17(20(28)29-3)22-21-23-24-25-26(18)21/h4-11,18H,1-3H3,(H,22,23,25). The van der Waals surface area contributed by atoms with Gasteiger partial charge in [0, 0.05) is 5.56 Å². The fraction of sp³-hybridized carbons (Fsp3) is 0.190. The summed E-state index contributed by atoms with van der Waals surface area (Å²) in [4.78, 5) is 26.1. The number of anilines is 1. The van der Waals surface area contributed by atoms with Crippen molar-refractivity contribution in [1.82, 2.24) is 20.2 Å². The van der Waals surface area contributed by atoms with Crippen LogP contribution in [0.15, 0.2) is 59.8 Å². The van der Waals surface area contributed by atoms with E-state index in [1.165, 1.54) is 11.8 Å². The number of hydrogen-bond acceptors (Lipinski definition) is 7. The molecule has 8 nitrogen and oxygen atoms in total. The average Bonchev–Trinajstić information content (AvgIpc) is 3.21. The molecule has 3 aromatic rings. The number of rotatable bonds is 4. The number of aryl methyl sites for hydroxylation is 2. The molecule has 0 spiro atoms. The number of nitrogens with zero attached hydrogens (tertiary/aromatic N) is 4. The van der Waals surface area contributed by atoms with Crippen molar-refractivity contribution in [3.05, 3.63) is 82.1 Å². The van der Waals surface area contributed by atoms with Gasteiger partial charge in [-0.1, -0.05) is 64.8 Å². The zero-order valence-electron chi connectivity index (χ0n) is 16.2. The number of methoxy groups -OCH3 is 1. The third-order valence-electron chi connectivity index (χ3n) is 4.86. The quantitative estimate of drug-likeness (QED) is 0.541. The van der Waals surface area contributed by atoms with Crippen LogP contribution < -0.4 is 5.32 Å². The topological polar surface area (TPSA) is 99.0 Å². The molecule has 1 aliphatic heterocycles. The van der Waals surface area contributed by atoms with Crippen LogP contribution in [0.4, 0.5) is 5.95 Å². The lowest BCUT2D eigenvalue weighted by Gasteiger charge is -2.28. The molecule has 2 heterocycles. The number of esters is 1. The SMILES string of the molecule is COC(=O)C1=C(C(=O)c2ccc(C)cc2)C(c2ccc(C)cc2)n2nnnc2N1. The van der Waals surface area contributed by atoms with Crippen molar-refractivity contribution in [3.8, 4) is 0 Å². The summed E-state index contributed by atoms with van der Waals surface area (Å²) in [6.07, 6.45) is 0. The Morgan fingerprint density at radius 1 is 1.00 bits per heavy atom. The van der Waals surface area contributed by atoms with E-state index in [0.29, 0.717) is 5.56 Å². The van der Waals surface area contributed by atoms with Gasteiger partial charge in [-0.15, -0.1) is 0 Å². The maximum Gasteiger partial charge on any atom is 0.355 e. The number of nitrogens with one attached hydrogen (secondary N) is 1. The highest BCUT2D eigenvalue weighted by Crippen LogP contribution is 2.36. The van der Waals surface area contributed by atoms with E-state index in [1.807, 2.05) is 50.2 Å². The van der Waals surface area contributed by atoms with Crippen molar-refractivity contribution in [1.29, 1.82) is 0 Å². The first-order valence-corrected chi connectivity index (χ1v) is 9.05. The first-order chi connectivity index (χ1) is 14.0. The fourth-order valence-electron chi connectivity index (χ4n) is 3.31. The second-order valence-corrected chi connectivity index (χ2v) is 6.86. The van der Waals surface area contributed by atoms with E-state index >= 15 is 0 Å². The second kappa shape index (κ2) is 7.31. The van der Waals surface area contributed by atoms with E-state index in [1.54, 1.807) is 12.1 Å². The number of allylic oxidation sites excluding steroid dienone is 1. The van der Waals surface area contributed by atoms with E-state index in [0.717, 1.165) is 16.7 Å². The van der Waals surface area contributed by atoms with Crippen molar-refractivity contribution < 1.29 is 14.3 Å². The molecule has 1 aliphatic rings. The Kier molecular flexibility index (Phi) is 4.67. The predicted molar refractivity (Wildman–Crippen MR) is 105 cm³/mol.